The van der Waals surface area contributed by atoms with Gasteiger partial charge in [-0.2, -0.15) is 0 Å². The van der Waals surface area contributed by atoms with Crippen molar-refractivity contribution >= 4 is 29.0 Å². The first kappa shape index (κ1) is 19.2. The highest BCUT2D eigenvalue weighted by molar-refractivity contribution is 7.10. The normalized spacial score (nSPS) is 16.5. The van der Waals surface area contributed by atoms with Crippen LogP contribution in [0, 0.1) is 0 Å². The Bertz CT molecular complexity index is 765. The van der Waals surface area contributed by atoms with E-state index in [1.807, 2.05) is 50.4 Å². The van der Waals surface area contributed by atoms with Gasteiger partial charge < -0.3 is 19.5 Å². The van der Waals surface area contributed by atoms with Gasteiger partial charge in [0.2, 0.25) is 0 Å². The molecule has 1 atom stereocenters. The molecule has 1 aliphatic rings. The first-order valence-corrected chi connectivity index (χ1v) is 9.64. The third-order valence-electron chi connectivity index (χ3n) is 3.67. The summed E-state index contributed by atoms with van der Waals surface area (Å²) in [6, 6.07) is 9.03. The van der Waals surface area contributed by atoms with Crippen molar-refractivity contribution < 1.29 is 19.0 Å². The molecule has 1 unspecified atom stereocenters. The highest BCUT2D eigenvalue weighted by Crippen LogP contribution is 2.34. The van der Waals surface area contributed by atoms with Crippen LogP contribution in [0.2, 0.25) is 5.02 Å². The zero-order valence-electron chi connectivity index (χ0n) is 15.0. The molecule has 0 spiro atoms. The molecule has 5 nitrogen and oxygen atoms in total. The summed E-state index contributed by atoms with van der Waals surface area (Å²) in [4.78, 5) is 13.3. The molecule has 0 radical (unpaired) electrons. The number of ether oxygens (including phenoxy) is 3. The molecule has 1 amide bonds. The van der Waals surface area contributed by atoms with Crippen LogP contribution in [-0.2, 0) is 14.2 Å². The second kappa shape index (κ2) is 7.96. The smallest absolute Gasteiger partial charge is 0.408 e. The lowest BCUT2D eigenvalue weighted by Gasteiger charge is -2.24. The number of carbonyl (C=O) groups is 1. The fourth-order valence-electron chi connectivity index (χ4n) is 2.64. The van der Waals surface area contributed by atoms with Gasteiger partial charge in [-0.1, -0.05) is 23.7 Å². The second-order valence-corrected chi connectivity index (χ2v) is 8.37. The number of hydrogen-bond acceptors (Lipinski definition) is 5. The van der Waals surface area contributed by atoms with Gasteiger partial charge in [-0.15, -0.1) is 11.3 Å². The average molecular weight is 396 g/mol. The van der Waals surface area contributed by atoms with Crippen molar-refractivity contribution in [3.63, 3.8) is 0 Å². The summed E-state index contributed by atoms with van der Waals surface area (Å²) in [7, 11) is 0. The standard InChI is InChI=1S/C19H22ClNO4S/c1-19(2,3)25-18(22)21-16(12-5-4-6-14(20)9-12)13-10-15(26-11-13)17-23-7-8-24-17/h4-6,9-11,16-17H,7-8H2,1-3H3,(H,21,22). The van der Waals surface area contributed by atoms with E-state index in [2.05, 4.69) is 5.32 Å². The van der Waals surface area contributed by atoms with E-state index < -0.39 is 11.7 Å². The Labute approximate surface area is 162 Å². The van der Waals surface area contributed by atoms with Gasteiger partial charge in [0.15, 0.2) is 6.29 Å². The third-order valence-corrected chi connectivity index (χ3v) is 4.88. The van der Waals surface area contributed by atoms with Gasteiger partial charge in [-0.05, 0) is 55.5 Å². The predicted octanol–water partition coefficient (Wildman–Crippen LogP) is 5.06. The van der Waals surface area contributed by atoms with Gasteiger partial charge in [0, 0.05) is 5.02 Å². The summed E-state index contributed by atoms with van der Waals surface area (Å²) >= 11 is 7.69. The van der Waals surface area contributed by atoms with E-state index in [4.69, 9.17) is 25.8 Å². The molecule has 1 aromatic heterocycles. The monoisotopic (exact) mass is 395 g/mol. The number of alkyl carbamates (subject to hydrolysis) is 1. The fraction of sp³-hybridized carbons (Fsp3) is 0.421. The number of nitrogens with one attached hydrogen (secondary N) is 1. The van der Waals surface area contributed by atoms with Gasteiger partial charge in [0.25, 0.3) is 0 Å². The molecule has 0 saturated carbocycles. The van der Waals surface area contributed by atoms with Crippen LogP contribution in [0.5, 0.6) is 0 Å². The van der Waals surface area contributed by atoms with Crippen molar-refractivity contribution in [3.05, 3.63) is 56.7 Å². The summed E-state index contributed by atoms with van der Waals surface area (Å²) in [6.45, 7) is 6.67. The van der Waals surface area contributed by atoms with Crippen LogP contribution in [-0.4, -0.2) is 24.9 Å². The van der Waals surface area contributed by atoms with E-state index in [0.29, 0.717) is 18.2 Å². The predicted molar refractivity (Wildman–Crippen MR) is 102 cm³/mol. The number of rotatable bonds is 4. The molecule has 2 heterocycles. The number of carbonyl (C=O) groups excluding carboxylic acids is 1. The zero-order valence-corrected chi connectivity index (χ0v) is 16.5. The summed E-state index contributed by atoms with van der Waals surface area (Å²) < 4.78 is 16.5. The molecule has 0 aliphatic carbocycles. The maximum absolute atomic E-state index is 12.4. The number of benzene rings is 1. The molecule has 1 aromatic carbocycles. The molecule has 3 rings (SSSR count). The van der Waals surface area contributed by atoms with Crippen LogP contribution >= 0.6 is 22.9 Å². The summed E-state index contributed by atoms with van der Waals surface area (Å²) in [5.41, 5.74) is 1.23. The molecule has 1 fully saturated rings. The molecule has 2 aromatic rings. The molecule has 140 valence electrons. The Balaban J connectivity index is 1.86. The van der Waals surface area contributed by atoms with Gasteiger partial charge in [-0.25, -0.2) is 4.79 Å². The Kier molecular flexibility index (Phi) is 5.87. The quantitative estimate of drug-likeness (QED) is 0.785. The van der Waals surface area contributed by atoms with Crippen LogP contribution in [0.1, 0.15) is 49.1 Å². The Morgan fingerprint density at radius 2 is 2.00 bits per heavy atom. The number of hydrogen-bond donors (Lipinski definition) is 1. The van der Waals surface area contributed by atoms with Crippen molar-refractivity contribution in [1.82, 2.24) is 5.32 Å². The largest absolute Gasteiger partial charge is 0.444 e. The first-order chi connectivity index (χ1) is 12.3. The van der Waals surface area contributed by atoms with E-state index in [9.17, 15) is 4.79 Å². The maximum Gasteiger partial charge on any atom is 0.408 e. The minimum atomic E-state index is -0.575. The maximum atomic E-state index is 12.4. The van der Waals surface area contributed by atoms with Gasteiger partial charge >= 0.3 is 6.09 Å². The van der Waals surface area contributed by atoms with Gasteiger partial charge in [0.05, 0.1) is 24.1 Å². The highest BCUT2D eigenvalue weighted by atomic mass is 35.5. The van der Waals surface area contributed by atoms with E-state index in [1.165, 1.54) is 11.3 Å². The van der Waals surface area contributed by atoms with Crippen molar-refractivity contribution in [2.75, 3.05) is 13.2 Å². The zero-order chi connectivity index (χ0) is 18.7. The third kappa shape index (κ3) is 4.98. The average Bonchev–Trinajstić information content (AvgIpc) is 3.22. The SMILES string of the molecule is CC(C)(C)OC(=O)NC(c1cccc(Cl)c1)c1csc(C2OCCO2)c1. The molecule has 1 N–H and O–H groups in total. The molecule has 7 heteroatoms. The van der Waals surface area contributed by atoms with E-state index >= 15 is 0 Å². The molecular formula is C19H22ClNO4S. The molecule has 26 heavy (non-hydrogen) atoms. The number of halogens is 1. The minimum absolute atomic E-state index is 0.338. The van der Waals surface area contributed by atoms with Crippen LogP contribution in [0.3, 0.4) is 0 Å². The van der Waals surface area contributed by atoms with Crippen molar-refractivity contribution in [2.24, 2.45) is 0 Å². The van der Waals surface area contributed by atoms with Crippen LogP contribution in [0.15, 0.2) is 35.7 Å². The molecular weight excluding hydrogens is 374 g/mol. The topological polar surface area (TPSA) is 56.8 Å². The second-order valence-electron chi connectivity index (χ2n) is 6.99. The molecule has 1 saturated heterocycles. The minimum Gasteiger partial charge on any atom is -0.444 e. The van der Waals surface area contributed by atoms with E-state index in [1.54, 1.807) is 6.07 Å². The summed E-state index contributed by atoms with van der Waals surface area (Å²) in [5, 5.41) is 5.54. The number of thiophene rings is 1. The van der Waals surface area contributed by atoms with E-state index in [-0.39, 0.29) is 12.3 Å². The van der Waals surface area contributed by atoms with Crippen LogP contribution in [0.25, 0.3) is 0 Å². The number of amides is 1. The summed E-state index contributed by atoms with van der Waals surface area (Å²) in [5.74, 6) is 0. The Hall–Kier alpha value is -1.60. The Morgan fingerprint density at radius 3 is 2.65 bits per heavy atom. The molecule has 1 aliphatic heterocycles. The lowest BCUT2D eigenvalue weighted by Crippen LogP contribution is -2.35. The van der Waals surface area contributed by atoms with Crippen molar-refractivity contribution in [2.45, 2.75) is 38.7 Å². The fourth-order valence-corrected chi connectivity index (χ4v) is 3.76. The Morgan fingerprint density at radius 1 is 1.27 bits per heavy atom. The highest BCUT2D eigenvalue weighted by Gasteiger charge is 2.25. The van der Waals surface area contributed by atoms with Gasteiger partial charge in [0.1, 0.15) is 5.60 Å². The van der Waals surface area contributed by atoms with Gasteiger partial charge in [-0.3, -0.25) is 0 Å². The first-order valence-electron chi connectivity index (χ1n) is 8.38. The summed E-state index contributed by atoms with van der Waals surface area (Å²) in [6.07, 6.45) is -0.820. The molecule has 0 bridgehead atoms. The van der Waals surface area contributed by atoms with E-state index in [0.717, 1.165) is 16.0 Å². The van der Waals surface area contributed by atoms with Crippen LogP contribution < -0.4 is 5.32 Å². The van der Waals surface area contributed by atoms with Crippen LogP contribution in [0.4, 0.5) is 4.79 Å². The van der Waals surface area contributed by atoms with Crippen molar-refractivity contribution in [1.29, 1.82) is 0 Å². The lowest BCUT2D eigenvalue weighted by atomic mass is 10.0. The van der Waals surface area contributed by atoms with Crippen molar-refractivity contribution in [3.8, 4) is 0 Å². The lowest BCUT2D eigenvalue weighted by molar-refractivity contribution is -0.0413.